The Kier molecular flexibility index (Phi) is 14.5. The maximum atomic E-state index is 9.21. The maximum absolute atomic E-state index is 9.21. The Morgan fingerprint density at radius 3 is 1.62 bits per heavy atom. The Morgan fingerprint density at radius 1 is 1.08 bits per heavy atom. The molecule has 2 nitrogen and oxygen atoms in total. The predicted octanol–water partition coefficient (Wildman–Crippen LogP) is 2.73. The third kappa shape index (κ3) is 6.11. The van der Waals surface area contributed by atoms with Crippen LogP contribution in [0.15, 0.2) is 18.2 Å². The summed E-state index contributed by atoms with van der Waals surface area (Å²) >= 11 is 1.06. The van der Waals surface area contributed by atoms with E-state index in [0.717, 1.165) is 28.5 Å². The van der Waals surface area contributed by atoms with Crippen LogP contribution in [0.25, 0.3) is 0 Å². The standard InChI is InChI=1S/C8H10O.2ClH.O.V/c1-6-4-3-5-7(2)8(6)9;;;;/h3-5,9H,1-2H3;2*1H;;. The Bertz CT molecular complexity index is 223. The van der Waals surface area contributed by atoms with Crippen molar-refractivity contribution in [2.45, 2.75) is 13.8 Å². The van der Waals surface area contributed by atoms with Crippen LogP contribution in [0.5, 0.6) is 5.75 Å². The number of rotatable bonds is 0. The van der Waals surface area contributed by atoms with Crippen molar-refractivity contribution < 1.29 is 26.1 Å². The van der Waals surface area contributed by atoms with E-state index in [-0.39, 0.29) is 24.8 Å². The van der Waals surface area contributed by atoms with Crippen molar-refractivity contribution in [1.82, 2.24) is 0 Å². The Balaban J connectivity index is -0.000000234. The number of aromatic hydroxyl groups is 1. The molecule has 75 valence electrons. The van der Waals surface area contributed by atoms with E-state index in [9.17, 15) is 5.11 Å². The minimum atomic E-state index is 0. The Morgan fingerprint density at radius 2 is 1.38 bits per heavy atom. The summed E-state index contributed by atoms with van der Waals surface area (Å²) in [4.78, 5) is 0. The predicted molar refractivity (Wildman–Crippen MR) is 52.8 cm³/mol. The summed E-state index contributed by atoms with van der Waals surface area (Å²) in [7, 11) is 0. The SMILES string of the molecule is Cc1cccc(C)c1O.Cl.Cl.[O]=[V]. The molecule has 1 aromatic rings. The number of aryl methyl sites for hydroxylation is 2. The van der Waals surface area contributed by atoms with Crippen molar-refractivity contribution in [2.75, 3.05) is 0 Å². The third-order valence-corrected chi connectivity index (χ3v) is 1.44. The van der Waals surface area contributed by atoms with Gasteiger partial charge in [-0.25, -0.2) is 0 Å². The molecule has 0 radical (unpaired) electrons. The first-order valence-corrected chi connectivity index (χ1v) is 3.72. The van der Waals surface area contributed by atoms with Crippen molar-refractivity contribution in [1.29, 1.82) is 0 Å². The molecule has 0 amide bonds. The molecule has 5 heteroatoms. The van der Waals surface area contributed by atoms with Gasteiger partial charge in [-0.1, -0.05) is 18.2 Å². The molecule has 1 rings (SSSR count). The molecule has 0 heterocycles. The molecule has 0 saturated carbocycles. The normalized spacial score (nSPS) is 6.85. The first kappa shape index (κ1) is 18.7. The van der Waals surface area contributed by atoms with E-state index < -0.39 is 0 Å². The molecule has 0 aliphatic heterocycles. The Hall–Kier alpha value is -0.0156. The van der Waals surface area contributed by atoms with Gasteiger partial charge in [0, 0.05) is 0 Å². The van der Waals surface area contributed by atoms with Gasteiger partial charge in [0.1, 0.15) is 5.75 Å². The van der Waals surface area contributed by atoms with Crippen LogP contribution in [0, 0.1) is 13.8 Å². The average Bonchev–Trinajstić information content (AvgIpc) is 2.04. The molecule has 0 aromatic heterocycles. The third-order valence-electron chi connectivity index (χ3n) is 1.44. The van der Waals surface area contributed by atoms with Gasteiger partial charge in [0.2, 0.25) is 0 Å². The average molecular weight is 262 g/mol. The van der Waals surface area contributed by atoms with E-state index in [1.54, 1.807) is 0 Å². The van der Waals surface area contributed by atoms with E-state index in [2.05, 4.69) is 0 Å². The summed E-state index contributed by atoms with van der Waals surface area (Å²) in [6, 6.07) is 5.72. The zero-order chi connectivity index (χ0) is 8.85. The second-order valence-corrected chi connectivity index (χ2v) is 2.24. The first-order valence-electron chi connectivity index (χ1n) is 3.15. The topological polar surface area (TPSA) is 37.3 Å². The van der Waals surface area contributed by atoms with E-state index in [4.69, 9.17) is 3.67 Å². The molecule has 0 aliphatic rings. The number of phenols is 1. The fraction of sp³-hybridized carbons (Fsp3) is 0.250. The van der Waals surface area contributed by atoms with Crippen LogP contribution in [0.2, 0.25) is 0 Å². The molecule has 0 aliphatic carbocycles. The second-order valence-electron chi connectivity index (χ2n) is 2.24. The summed E-state index contributed by atoms with van der Waals surface area (Å²) in [6.07, 6.45) is 0. The molecule has 0 unspecified atom stereocenters. The number of hydrogen-bond acceptors (Lipinski definition) is 2. The van der Waals surface area contributed by atoms with Gasteiger partial charge < -0.3 is 5.11 Å². The van der Waals surface area contributed by atoms with Crippen molar-refractivity contribution in [2.24, 2.45) is 0 Å². The van der Waals surface area contributed by atoms with Crippen LogP contribution in [0.1, 0.15) is 11.1 Å². The molecule has 0 saturated heterocycles. The van der Waals surface area contributed by atoms with Gasteiger partial charge in [0.05, 0.1) is 0 Å². The van der Waals surface area contributed by atoms with Crippen LogP contribution in [0.4, 0.5) is 0 Å². The fourth-order valence-corrected chi connectivity index (χ4v) is 0.806. The molecule has 0 fully saturated rings. The van der Waals surface area contributed by atoms with Crippen LogP contribution in [0.3, 0.4) is 0 Å². The van der Waals surface area contributed by atoms with Crippen molar-refractivity contribution >= 4 is 24.8 Å². The monoisotopic (exact) mass is 261 g/mol. The Labute approximate surface area is 99.8 Å². The fourth-order valence-electron chi connectivity index (χ4n) is 0.806. The summed E-state index contributed by atoms with van der Waals surface area (Å²) < 4.78 is 8.19. The van der Waals surface area contributed by atoms with Gasteiger partial charge in [-0.2, -0.15) is 0 Å². The van der Waals surface area contributed by atoms with Crippen LogP contribution < -0.4 is 0 Å². The molecule has 0 atom stereocenters. The van der Waals surface area contributed by atoms with Crippen molar-refractivity contribution in [3.05, 3.63) is 29.3 Å². The van der Waals surface area contributed by atoms with E-state index in [1.165, 1.54) is 0 Å². The zero-order valence-electron chi connectivity index (χ0n) is 7.35. The second kappa shape index (κ2) is 10.1. The number of phenolic OH excluding ortho intramolecular Hbond substituents is 1. The van der Waals surface area contributed by atoms with Gasteiger partial charge in [0.25, 0.3) is 0 Å². The van der Waals surface area contributed by atoms with E-state index in [0.29, 0.717) is 5.75 Å². The minimum absolute atomic E-state index is 0. The first-order chi connectivity index (χ1) is 5.22. The molecule has 1 aromatic carbocycles. The van der Waals surface area contributed by atoms with E-state index >= 15 is 0 Å². The summed E-state index contributed by atoms with van der Waals surface area (Å²) in [5.41, 5.74) is 1.88. The number of halogens is 2. The van der Waals surface area contributed by atoms with Gasteiger partial charge in [-0.3, -0.25) is 0 Å². The zero-order valence-corrected chi connectivity index (χ0v) is 10.4. The summed E-state index contributed by atoms with van der Waals surface area (Å²) in [6.45, 7) is 3.78. The molecular weight excluding hydrogens is 250 g/mol. The summed E-state index contributed by atoms with van der Waals surface area (Å²) in [5.74, 6) is 0.414. The van der Waals surface area contributed by atoms with Gasteiger partial charge in [-0.15, -0.1) is 24.8 Å². The molecular formula is C8H12Cl2O2V. The van der Waals surface area contributed by atoms with Gasteiger partial charge in [0.15, 0.2) is 0 Å². The number of hydrogen-bond donors (Lipinski definition) is 1. The molecule has 0 spiro atoms. The van der Waals surface area contributed by atoms with Crippen LogP contribution >= 0.6 is 24.8 Å². The van der Waals surface area contributed by atoms with E-state index in [1.807, 2.05) is 32.0 Å². The molecule has 13 heavy (non-hydrogen) atoms. The van der Waals surface area contributed by atoms with Crippen LogP contribution in [-0.4, -0.2) is 5.11 Å². The summed E-state index contributed by atoms with van der Waals surface area (Å²) in [5, 5.41) is 9.21. The van der Waals surface area contributed by atoms with Crippen LogP contribution in [-0.2, 0) is 21.0 Å². The van der Waals surface area contributed by atoms with Crippen molar-refractivity contribution in [3.63, 3.8) is 0 Å². The molecule has 0 bridgehead atoms. The van der Waals surface area contributed by atoms with Gasteiger partial charge >= 0.3 is 21.0 Å². The van der Waals surface area contributed by atoms with Gasteiger partial charge in [-0.05, 0) is 25.0 Å². The molecule has 1 N–H and O–H groups in total. The number of benzene rings is 1. The quantitative estimate of drug-likeness (QED) is 0.780. The van der Waals surface area contributed by atoms with Crippen molar-refractivity contribution in [3.8, 4) is 5.75 Å². The number of para-hydroxylation sites is 1.